The Morgan fingerprint density at radius 3 is 3.07 bits per heavy atom. The van der Waals surface area contributed by atoms with E-state index in [0.29, 0.717) is 30.2 Å². The highest BCUT2D eigenvalue weighted by Gasteiger charge is 2.67. The SMILES string of the molecule is CN1C(CC(=O)N[C@@H]2CCCOC2)=C2[C@@H]3C[C@]3(c3cc(Cl)ccc3F)CN2C1S. The number of nitrogens with zero attached hydrogens (tertiary/aromatic N) is 2. The first-order chi connectivity index (χ1) is 13.9. The number of halogens is 2. The summed E-state index contributed by atoms with van der Waals surface area (Å²) >= 11 is 10.9. The Kier molecular flexibility index (Phi) is 4.76. The number of allylic oxidation sites excluding steroid dienone is 1. The Bertz CT molecular complexity index is 891. The molecule has 3 aliphatic heterocycles. The molecular weight excluding hydrogens is 413 g/mol. The van der Waals surface area contributed by atoms with Crippen molar-refractivity contribution in [3.05, 3.63) is 46.0 Å². The number of amides is 1. The normalized spacial score (nSPS) is 33.0. The second-order valence-corrected chi connectivity index (χ2v) is 9.51. The largest absolute Gasteiger partial charge is 0.379 e. The number of carbonyl (C=O) groups is 1. The van der Waals surface area contributed by atoms with E-state index in [9.17, 15) is 9.18 Å². The summed E-state index contributed by atoms with van der Waals surface area (Å²) in [6.07, 6.45) is 3.11. The van der Waals surface area contributed by atoms with E-state index in [1.165, 1.54) is 6.07 Å². The number of rotatable bonds is 4. The summed E-state index contributed by atoms with van der Waals surface area (Å²) in [5.74, 6) is -0.000432. The van der Waals surface area contributed by atoms with Crippen LogP contribution in [0.25, 0.3) is 0 Å². The molecule has 4 aliphatic rings. The highest BCUT2D eigenvalue weighted by atomic mass is 35.5. The molecule has 4 atom stereocenters. The van der Waals surface area contributed by atoms with Gasteiger partial charge in [-0.3, -0.25) is 4.79 Å². The number of benzene rings is 1. The number of piperidine rings is 1. The summed E-state index contributed by atoms with van der Waals surface area (Å²) in [7, 11) is 1.97. The van der Waals surface area contributed by atoms with Crippen LogP contribution < -0.4 is 5.32 Å². The van der Waals surface area contributed by atoms with Gasteiger partial charge in [0, 0.05) is 47.9 Å². The molecule has 1 saturated carbocycles. The van der Waals surface area contributed by atoms with E-state index in [1.807, 2.05) is 7.05 Å². The third-order valence-electron chi connectivity index (χ3n) is 6.83. The quantitative estimate of drug-likeness (QED) is 0.710. The fraction of sp³-hybridized carbons (Fsp3) is 0.571. The zero-order valence-corrected chi connectivity index (χ0v) is 18.0. The van der Waals surface area contributed by atoms with Gasteiger partial charge in [0.2, 0.25) is 5.91 Å². The molecule has 3 fully saturated rings. The average molecular weight is 438 g/mol. The van der Waals surface area contributed by atoms with Crippen LogP contribution in [0.5, 0.6) is 0 Å². The molecule has 1 N–H and O–H groups in total. The first kappa shape index (κ1) is 19.5. The van der Waals surface area contributed by atoms with Crippen molar-refractivity contribution in [2.45, 2.75) is 42.6 Å². The fourth-order valence-electron chi connectivity index (χ4n) is 5.29. The third-order valence-corrected chi connectivity index (χ3v) is 7.69. The molecular formula is C21H25ClFN3O2S. The van der Waals surface area contributed by atoms with Crippen molar-refractivity contribution in [3.63, 3.8) is 0 Å². The van der Waals surface area contributed by atoms with Crippen LogP contribution in [0.3, 0.4) is 0 Å². The summed E-state index contributed by atoms with van der Waals surface area (Å²) in [4.78, 5) is 17.0. The van der Waals surface area contributed by atoms with E-state index in [-0.39, 0.29) is 34.6 Å². The van der Waals surface area contributed by atoms with Gasteiger partial charge in [0.05, 0.1) is 19.1 Å². The number of carbonyl (C=O) groups excluding carboxylic acids is 1. The van der Waals surface area contributed by atoms with Gasteiger partial charge in [0.15, 0.2) is 0 Å². The zero-order chi connectivity index (χ0) is 20.3. The number of hydrogen-bond donors (Lipinski definition) is 2. The van der Waals surface area contributed by atoms with E-state index in [1.54, 1.807) is 12.1 Å². The lowest BCUT2D eigenvalue weighted by molar-refractivity contribution is -0.122. The van der Waals surface area contributed by atoms with Crippen LogP contribution in [0.2, 0.25) is 5.02 Å². The van der Waals surface area contributed by atoms with Crippen LogP contribution in [0.15, 0.2) is 29.6 Å². The number of nitrogens with one attached hydrogen (secondary N) is 1. The number of hydrogen-bond acceptors (Lipinski definition) is 5. The summed E-state index contributed by atoms with van der Waals surface area (Å²) in [5.41, 5.74) is 2.42. The minimum absolute atomic E-state index is 0.00400. The van der Waals surface area contributed by atoms with E-state index in [4.69, 9.17) is 29.0 Å². The van der Waals surface area contributed by atoms with Gasteiger partial charge in [-0.1, -0.05) is 11.6 Å². The number of fused-ring (bicyclic) bond motifs is 3. The van der Waals surface area contributed by atoms with E-state index in [0.717, 1.165) is 37.3 Å². The number of thiol groups is 1. The molecule has 2 saturated heterocycles. The second-order valence-electron chi connectivity index (χ2n) is 8.61. The Hall–Kier alpha value is -1.44. The molecule has 1 amide bonds. The van der Waals surface area contributed by atoms with Gasteiger partial charge >= 0.3 is 0 Å². The van der Waals surface area contributed by atoms with Crippen molar-refractivity contribution < 1.29 is 13.9 Å². The Balaban J connectivity index is 1.40. The van der Waals surface area contributed by atoms with Crippen molar-refractivity contribution in [2.24, 2.45) is 5.92 Å². The summed E-state index contributed by atoms with van der Waals surface area (Å²) in [5, 5.41) is 3.65. The summed E-state index contributed by atoms with van der Waals surface area (Å²) in [6.45, 7) is 2.05. The molecule has 1 aromatic carbocycles. The standard InChI is InChI=1S/C21H25ClFN3O2S/c1-25-17(8-18(27)24-13-3-2-6-28-10-13)19-15-9-21(15,11-26(19)20(25)29)14-7-12(22)4-5-16(14)23/h4-5,7,13,15,20,29H,2-3,6,8-11H2,1H3,(H,24,27)/t13-,15+,20?,21-/m1/s1. The van der Waals surface area contributed by atoms with Gasteiger partial charge in [0.25, 0.3) is 0 Å². The highest BCUT2D eigenvalue weighted by Crippen LogP contribution is 2.67. The van der Waals surface area contributed by atoms with Crippen LogP contribution in [0.1, 0.15) is 31.2 Å². The van der Waals surface area contributed by atoms with Gasteiger partial charge in [-0.25, -0.2) is 4.39 Å². The molecule has 1 aromatic rings. The molecule has 3 heterocycles. The third kappa shape index (κ3) is 3.13. The van der Waals surface area contributed by atoms with Crippen LogP contribution in [0, 0.1) is 11.7 Å². The van der Waals surface area contributed by atoms with Crippen LogP contribution in [-0.2, 0) is 14.9 Å². The smallest absolute Gasteiger partial charge is 0.226 e. The molecule has 8 heteroatoms. The van der Waals surface area contributed by atoms with Crippen molar-refractivity contribution >= 4 is 30.1 Å². The van der Waals surface area contributed by atoms with E-state index >= 15 is 0 Å². The van der Waals surface area contributed by atoms with Crippen molar-refractivity contribution in [1.29, 1.82) is 0 Å². The fourth-order valence-corrected chi connectivity index (χ4v) is 5.81. The molecule has 1 aliphatic carbocycles. The van der Waals surface area contributed by atoms with Crippen molar-refractivity contribution in [2.75, 3.05) is 26.8 Å². The van der Waals surface area contributed by atoms with Crippen molar-refractivity contribution in [1.82, 2.24) is 15.1 Å². The Labute approximate surface area is 180 Å². The Morgan fingerprint density at radius 2 is 2.31 bits per heavy atom. The lowest BCUT2D eigenvalue weighted by Gasteiger charge is -2.29. The van der Waals surface area contributed by atoms with Gasteiger partial charge in [-0.15, -0.1) is 12.6 Å². The number of ether oxygens (including phenoxy) is 1. The minimum Gasteiger partial charge on any atom is -0.379 e. The summed E-state index contributed by atoms with van der Waals surface area (Å²) < 4.78 is 20.1. The lowest BCUT2D eigenvalue weighted by atomic mass is 9.94. The molecule has 5 nitrogen and oxygen atoms in total. The monoisotopic (exact) mass is 437 g/mol. The van der Waals surface area contributed by atoms with Crippen LogP contribution in [-0.4, -0.2) is 54.1 Å². The Morgan fingerprint density at radius 1 is 1.48 bits per heavy atom. The maximum atomic E-state index is 14.6. The van der Waals surface area contributed by atoms with E-state index < -0.39 is 0 Å². The molecule has 156 valence electrons. The zero-order valence-electron chi connectivity index (χ0n) is 16.3. The van der Waals surface area contributed by atoms with Gasteiger partial charge < -0.3 is 19.9 Å². The van der Waals surface area contributed by atoms with Gasteiger partial charge in [-0.2, -0.15) is 0 Å². The highest BCUT2D eigenvalue weighted by molar-refractivity contribution is 7.80. The lowest BCUT2D eigenvalue weighted by Crippen LogP contribution is -2.41. The molecule has 0 spiro atoms. The van der Waals surface area contributed by atoms with Gasteiger partial charge in [-0.05, 0) is 43.0 Å². The van der Waals surface area contributed by atoms with E-state index in [2.05, 4.69) is 15.1 Å². The first-order valence-corrected chi connectivity index (χ1v) is 11.0. The van der Waals surface area contributed by atoms with Crippen LogP contribution >= 0.6 is 24.2 Å². The average Bonchev–Trinajstić information content (AvgIpc) is 3.26. The maximum Gasteiger partial charge on any atom is 0.226 e. The second kappa shape index (κ2) is 7.06. The predicted molar refractivity (Wildman–Crippen MR) is 112 cm³/mol. The molecule has 0 radical (unpaired) electrons. The summed E-state index contributed by atoms with van der Waals surface area (Å²) in [6, 6.07) is 4.88. The minimum atomic E-state index is -0.258. The van der Waals surface area contributed by atoms with Crippen LogP contribution in [0.4, 0.5) is 4.39 Å². The molecule has 5 rings (SSSR count). The predicted octanol–water partition coefficient (Wildman–Crippen LogP) is 3.11. The maximum absolute atomic E-state index is 14.6. The molecule has 0 bridgehead atoms. The molecule has 1 unspecified atom stereocenters. The van der Waals surface area contributed by atoms with Crippen molar-refractivity contribution in [3.8, 4) is 0 Å². The molecule has 0 aromatic heterocycles. The van der Waals surface area contributed by atoms with Gasteiger partial charge in [0.1, 0.15) is 11.3 Å². The first-order valence-electron chi connectivity index (χ1n) is 10.1. The topological polar surface area (TPSA) is 44.8 Å². The molecule has 29 heavy (non-hydrogen) atoms.